The van der Waals surface area contributed by atoms with Gasteiger partial charge in [-0.05, 0) is 97.7 Å². The highest BCUT2D eigenvalue weighted by atomic mass is 16.5. The lowest BCUT2D eigenvalue weighted by Gasteiger charge is -2.42. The van der Waals surface area contributed by atoms with Crippen molar-refractivity contribution in [3.05, 3.63) is 65.2 Å². The Hall–Kier alpha value is -2.20. The lowest BCUT2D eigenvalue weighted by Crippen LogP contribution is -2.30. The van der Waals surface area contributed by atoms with E-state index >= 15 is 0 Å². The first-order chi connectivity index (χ1) is 13.7. The minimum Gasteiger partial charge on any atom is -0.497 e. The minimum absolute atomic E-state index is 0.753. The van der Waals surface area contributed by atoms with Gasteiger partial charge < -0.3 is 4.74 Å². The number of fused-ring (bicyclic) bond motifs is 1. The van der Waals surface area contributed by atoms with Crippen LogP contribution in [0.15, 0.2) is 48.5 Å². The smallest absolute Gasteiger partial charge is 0.118 e. The quantitative estimate of drug-likeness (QED) is 0.538. The monoisotopic (exact) mass is 372 g/mol. The lowest BCUT2D eigenvalue weighted by molar-refractivity contribution is 0.116. The van der Waals surface area contributed by atoms with E-state index in [1.54, 1.807) is 7.11 Å². The van der Waals surface area contributed by atoms with Crippen molar-refractivity contribution in [2.45, 2.75) is 57.8 Å². The van der Waals surface area contributed by atoms with E-state index in [9.17, 15) is 0 Å². The van der Waals surface area contributed by atoms with Crippen molar-refractivity contribution in [2.24, 2.45) is 17.8 Å². The summed E-state index contributed by atoms with van der Waals surface area (Å²) in [5.41, 5.74) is 3.63. The summed E-state index contributed by atoms with van der Waals surface area (Å²) in [7, 11) is 1.69. The van der Waals surface area contributed by atoms with E-state index < -0.39 is 0 Å². The number of benzene rings is 2. The van der Waals surface area contributed by atoms with Gasteiger partial charge in [0.15, 0.2) is 0 Å². The average molecular weight is 373 g/mol. The van der Waals surface area contributed by atoms with Crippen molar-refractivity contribution in [2.75, 3.05) is 7.11 Å². The SMILES string of the molecule is CCC1CC[C@@H]2C[C@H](c3ccc(C#Cc4ccc(OC)cc4)cc3)CC[C@@H]2C1. The molecule has 0 heterocycles. The van der Waals surface area contributed by atoms with Gasteiger partial charge in [0.25, 0.3) is 0 Å². The van der Waals surface area contributed by atoms with E-state index in [2.05, 4.69) is 43.0 Å². The molecule has 0 spiro atoms. The fraction of sp³-hybridized carbons (Fsp3) is 0.481. The predicted octanol–water partition coefficient (Wildman–Crippen LogP) is 6.81. The van der Waals surface area contributed by atoms with E-state index in [4.69, 9.17) is 4.74 Å². The van der Waals surface area contributed by atoms with Crippen molar-refractivity contribution in [1.82, 2.24) is 0 Å². The molecule has 0 aromatic heterocycles. The zero-order chi connectivity index (χ0) is 19.3. The summed E-state index contributed by atoms with van der Waals surface area (Å²) in [5.74, 6) is 11.1. The first-order valence-corrected chi connectivity index (χ1v) is 11.0. The molecule has 146 valence electrons. The molecule has 1 heteroatoms. The summed E-state index contributed by atoms with van der Waals surface area (Å²) >= 11 is 0. The normalized spacial score (nSPS) is 26.6. The molecule has 0 N–H and O–H groups in total. The van der Waals surface area contributed by atoms with Gasteiger partial charge >= 0.3 is 0 Å². The van der Waals surface area contributed by atoms with Crippen LogP contribution in [0.2, 0.25) is 0 Å². The molecule has 0 amide bonds. The second kappa shape index (κ2) is 8.87. The Kier molecular flexibility index (Phi) is 6.06. The standard InChI is InChI=1S/C27H32O/c1-3-20-6-13-26-19-25(15-14-24(26)18-20)23-11-7-21(8-12-23)4-5-22-9-16-27(28-2)17-10-22/h7-12,16-17,20,24-26H,3,6,13-15,18-19H2,1-2H3/t20?,24-,25-,26-/m1/s1. The second-order valence-electron chi connectivity index (χ2n) is 8.72. The van der Waals surface area contributed by atoms with Crippen molar-refractivity contribution in [1.29, 1.82) is 0 Å². The molecule has 4 rings (SSSR count). The molecule has 4 atom stereocenters. The summed E-state index contributed by atoms with van der Waals surface area (Å²) < 4.78 is 5.20. The number of hydrogen-bond acceptors (Lipinski definition) is 1. The molecular formula is C27H32O. The van der Waals surface area contributed by atoms with Crippen LogP contribution in [0.25, 0.3) is 0 Å². The molecule has 0 radical (unpaired) electrons. The fourth-order valence-corrected chi connectivity index (χ4v) is 5.32. The highest BCUT2D eigenvalue weighted by molar-refractivity contribution is 5.45. The maximum atomic E-state index is 5.20. The average Bonchev–Trinajstić information content (AvgIpc) is 2.77. The van der Waals surface area contributed by atoms with Crippen LogP contribution in [-0.2, 0) is 0 Å². The molecular weight excluding hydrogens is 340 g/mol. The Morgan fingerprint density at radius 2 is 1.39 bits per heavy atom. The maximum absolute atomic E-state index is 5.20. The molecule has 2 aliphatic rings. The van der Waals surface area contributed by atoms with Crippen LogP contribution in [0.4, 0.5) is 0 Å². The van der Waals surface area contributed by atoms with E-state index in [1.165, 1.54) is 50.5 Å². The van der Waals surface area contributed by atoms with Gasteiger partial charge in [-0.1, -0.05) is 43.7 Å². The summed E-state index contributed by atoms with van der Waals surface area (Å²) in [6.45, 7) is 2.37. The Morgan fingerprint density at radius 3 is 2.04 bits per heavy atom. The molecule has 2 fully saturated rings. The Labute approximate surface area is 170 Å². The Balaban J connectivity index is 1.38. The van der Waals surface area contributed by atoms with E-state index in [1.807, 2.05) is 24.3 Å². The molecule has 2 saturated carbocycles. The third-order valence-corrected chi connectivity index (χ3v) is 7.12. The van der Waals surface area contributed by atoms with Crippen LogP contribution in [0, 0.1) is 29.6 Å². The highest BCUT2D eigenvalue weighted by Crippen LogP contribution is 2.48. The van der Waals surface area contributed by atoms with Crippen molar-refractivity contribution >= 4 is 0 Å². The number of rotatable bonds is 3. The largest absolute Gasteiger partial charge is 0.497 e. The van der Waals surface area contributed by atoms with Gasteiger partial charge in [-0.25, -0.2) is 0 Å². The van der Waals surface area contributed by atoms with Crippen LogP contribution in [0.5, 0.6) is 5.75 Å². The van der Waals surface area contributed by atoms with Crippen molar-refractivity contribution < 1.29 is 4.74 Å². The molecule has 0 aliphatic heterocycles. The highest BCUT2D eigenvalue weighted by Gasteiger charge is 2.35. The predicted molar refractivity (Wildman–Crippen MR) is 117 cm³/mol. The van der Waals surface area contributed by atoms with E-state index in [0.29, 0.717) is 0 Å². The number of methoxy groups -OCH3 is 1. The van der Waals surface area contributed by atoms with Crippen molar-refractivity contribution in [3.8, 4) is 17.6 Å². The van der Waals surface area contributed by atoms with Crippen LogP contribution < -0.4 is 4.74 Å². The summed E-state index contributed by atoms with van der Waals surface area (Å²) in [6, 6.07) is 17.0. The maximum Gasteiger partial charge on any atom is 0.118 e. The lowest BCUT2D eigenvalue weighted by atomic mass is 9.63. The van der Waals surface area contributed by atoms with Gasteiger partial charge in [0.05, 0.1) is 7.11 Å². The molecule has 1 unspecified atom stereocenters. The number of hydrogen-bond donors (Lipinski definition) is 0. The molecule has 1 nitrogen and oxygen atoms in total. The van der Waals surface area contributed by atoms with Gasteiger partial charge in [-0.3, -0.25) is 0 Å². The van der Waals surface area contributed by atoms with Crippen LogP contribution in [0.1, 0.15) is 74.5 Å². The third kappa shape index (κ3) is 4.44. The third-order valence-electron chi connectivity index (χ3n) is 7.12. The van der Waals surface area contributed by atoms with Crippen LogP contribution in [-0.4, -0.2) is 7.11 Å². The topological polar surface area (TPSA) is 9.23 Å². The first-order valence-electron chi connectivity index (χ1n) is 11.0. The zero-order valence-corrected chi connectivity index (χ0v) is 17.3. The van der Waals surface area contributed by atoms with Gasteiger partial charge in [-0.15, -0.1) is 0 Å². The van der Waals surface area contributed by atoms with E-state index in [-0.39, 0.29) is 0 Å². The molecule has 2 aromatic carbocycles. The Bertz CT molecular complexity index is 821. The van der Waals surface area contributed by atoms with Crippen LogP contribution >= 0.6 is 0 Å². The summed E-state index contributed by atoms with van der Waals surface area (Å²) in [4.78, 5) is 0. The molecule has 2 aromatic rings. The van der Waals surface area contributed by atoms with Gasteiger partial charge in [-0.2, -0.15) is 0 Å². The molecule has 0 saturated heterocycles. The Morgan fingerprint density at radius 1 is 0.786 bits per heavy atom. The van der Waals surface area contributed by atoms with Crippen molar-refractivity contribution in [3.63, 3.8) is 0 Å². The van der Waals surface area contributed by atoms with E-state index in [0.717, 1.165) is 40.5 Å². The second-order valence-corrected chi connectivity index (χ2v) is 8.72. The first kappa shape index (κ1) is 19.1. The minimum atomic E-state index is 0.753. The fourth-order valence-electron chi connectivity index (χ4n) is 5.32. The van der Waals surface area contributed by atoms with Gasteiger partial charge in [0.1, 0.15) is 5.75 Å². The van der Waals surface area contributed by atoms with Gasteiger partial charge in [0.2, 0.25) is 0 Å². The molecule has 28 heavy (non-hydrogen) atoms. The number of ether oxygens (including phenoxy) is 1. The molecule has 2 aliphatic carbocycles. The summed E-state index contributed by atoms with van der Waals surface area (Å²) in [5, 5.41) is 0. The van der Waals surface area contributed by atoms with Gasteiger partial charge in [0, 0.05) is 11.1 Å². The van der Waals surface area contributed by atoms with Crippen LogP contribution in [0.3, 0.4) is 0 Å². The zero-order valence-electron chi connectivity index (χ0n) is 17.3. The molecule has 0 bridgehead atoms. The summed E-state index contributed by atoms with van der Waals surface area (Å²) in [6.07, 6.45) is 10.0.